The number of halogens is 2. The number of nitrogens with zero attached hydrogens (tertiary/aromatic N) is 1. The lowest BCUT2D eigenvalue weighted by atomic mass is 10.3. The molecule has 1 aromatic rings. The van der Waals surface area contributed by atoms with Gasteiger partial charge >= 0.3 is 0 Å². The Kier molecular flexibility index (Phi) is 11.7. The van der Waals surface area contributed by atoms with Crippen molar-refractivity contribution in [2.45, 2.75) is 20.0 Å². The molecule has 0 radical (unpaired) electrons. The minimum Gasteiger partial charge on any atom is -0.489 e. The van der Waals surface area contributed by atoms with Crippen molar-refractivity contribution in [2.24, 2.45) is 4.99 Å². The first-order chi connectivity index (χ1) is 11.4. The highest BCUT2D eigenvalue weighted by molar-refractivity contribution is 14.0. The van der Waals surface area contributed by atoms with E-state index in [2.05, 4.69) is 20.3 Å². The SMILES string of the molecule is CCS(=O)(=O)NCCNC(=NC)NCC(C)Oc1cccc(F)c1.I. The first kappa shape index (κ1) is 23.9. The van der Waals surface area contributed by atoms with Crippen molar-refractivity contribution in [1.29, 1.82) is 0 Å². The van der Waals surface area contributed by atoms with E-state index in [-0.39, 0.29) is 48.2 Å². The largest absolute Gasteiger partial charge is 0.489 e. The Balaban J connectivity index is 0.00000576. The zero-order chi connectivity index (χ0) is 18.0. The molecule has 1 atom stereocenters. The molecule has 1 rings (SSSR count). The van der Waals surface area contributed by atoms with Gasteiger partial charge in [0.15, 0.2) is 5.96 Å². The maximum absolute atomic E-state index is 13.1. The number of hydrogen-bond donors (Lipinski definition) is 3. The Morgan fingerprint density at radius 1 is 1.32 bits per heavy atom. The summed E-state index contributed by atoms with van der Waals surface area (Å²) in [6.07, 6.45) is -0.205. The number of guanidine groups is 1. The van der Waals surface area contributed by atoms with E-state index in [0.29, 0.717) is 24.8 Å². The molecule has 0 amide bonds. The van der Waals surface area contributed by atoms with Crippen LogP contribution in [0.1, 0.15) is 13.8 Å². The van der Waals surface area contributed by atoms with Crippen molar-refractivity contribution < 1.29 is 17.5 Å². The van der Waals surface area contributed by atoms with Gasteiger partial charge < -0.3 is 15.4 Å². The minimum atomic E-state index is -3.19. The van der Waals surface area contributed by atoms with Crippen LogP contribution in [0.25, 0.3) is 0 Å². The van der Waals surface area contributed by atoms with E-state index in [0.717, 1.165) is 0 Å². The monoisotopic (exact) mass is 488 g/mol. The normalized spacial score (nSPS) is 12.9. The molecule has 0 aliphatic carbocycles. The van der Waals surface area contributed by atoms with E-state index in [1.54, 1.807) is 26.1 Å². The van der Waals surface area contributed by atoms with Crippen molar-refractivity contribution in [2.75, 3.05) is 32.4 Å². The average molecular weight is 488 g/mol. The average Bonchev–Trinajstić information content (AvgIpc) is 2.54. The summed E-state index contributed by atoms with van der Waals surface area (Å²) in [7, 11) is -1.57. The molecular weight excluding hydrogens is 462 g/mol. The molecule has 10 heteroatoms. The summed E-state index contributed by atoms with van der Waals surface area (Å²) in [5, 5.41) is 6.05. The van der Waals surface area contributed by atoms with Crippen LogP contribution in [0.5, 0.6) is 5.75 Å². The number of nitrogens with one attached hydrogen (secondary N) is 3. The summed E-state index contributed by atoms with van der Waals surface area (Å²) >= 11 is 0. The van der Waals surface area contributed by atoms with Crippen molar-refractivity contribution in [1.82, 2.24) is 15.4 Å². The van der Waals surface area contributed by atoms with Crippen molar-refractivity contribution in [3.8, 4) is 5.75 Å². The van der Waals surface area contributed by atoms with Crippen LogP contribution in [0.3, 0.4) is 0 Å². The molecule has 0 aliphatic rings. The molecule has 0 aromatic heterocycles. The van der Waals surface area contributed by atoms with E-state index < -0.39 is 10.0 Å². The van der Waals surface area contributed by atoms with Gasteiger partial charge in [-0.25, -0.2) is 17.5 Å². The smallest absolute Gasteiger partial charge is 0.211 e. The standard InChI is InChI=1S/C15H25FN4O3S.HI/c1-4-24(21,22)20-9-8-18-15(17-3)19-11-12(2)23-14-7-5-6-13(16)10-14;/h5-7,10,12,20H,4,8-9,11H2,1-3H3,(H2,17,18,19);1H. The quantitative estimate of drug-likeness (QED) is 0.211. The maximum atomic E-state index is 13.1. The van der Waals surface area contributed by atoms with E-state index >= 15 is 0 Å². The zero-order valence-corrected chi connectivity index (χ0v) is 17.7. The third-order valence-electron chi connectivity index (χ3n) is 3.03. The predicted octanol–water partition coefficient (Wildman–Crippen LogP) is 1.32. The van der Waals surface area contributed by atoms with E-state index in [1.807, 2.05) is 6.92 Å². The van der Waals surface area contributed by atoms with Crippen LogP contribution < -0.4 is 20.1 Å². The highest BCUT2D eigenvalue weighted by Crippen LogP contribution is 2.13. The summed E-state index contributed by atoms with van der Waals surface area (Å²) in [5.74, 6) is 0.691. The number of benzene rings is 1. The van der Waals surface area contributed by atoms with Gasteiger partial charge in [-0.15, -0.1) is 24.0 Å². The predicted molar refractivity (Wildman–Crippen MR) is 109 cm³/mol. The molecular formula is C15H26FIN4O3S. The number of rotatable bonds is 9. The molecule has 1 aromatic carbocycles. The van der Waals surface area contributed by atoms with Gasteiger partial charge in [0.1, 0.15) is 17.7 Å². The second-order valence-corrected chi connectivity index (χ2v) is 7.16. The highest BCUT2D eigenvalue weighted by atomic mass is 127. The number of aliphatic imine (C=N–C) groups is 1. The summed E-state index contributed by atoms with van der Waals surface area (Å²) in [5.41, 5.74) is 0. The molecule has 0 spiro atoms. The molecule has 0 bridgehead atoms. The topological polar surface area (TPSA) is 91.8 Å². The molecule has 0 saturated heterocycles. The Bertz CT molecular complexity index is 643. The maximum Gasteiger partial charge on any atom is 0.211 e. The van der Waals surface area contributed by atoms with Crippen LogP contribution in [-0.4, -0.2) is 52.9 Å². The fourth-order valence-electron chi connectivity index (χ4n) is 1.76. The molecule has 1 unspecified atom stereocenters. The van der Waals surface area contributed by atoms with Crippen LogP contribution >= 0.6 is 24.0 Å². The van der Waals surface area contributed by atoms with E-state index in [1.165, 1.54) is 12.1 Å². The summed E-state index contributed by atoms with van der Waals surface area (Å²) in [6.45, 7) is 4.55. The molecule has 0 heterocycles. The van der Waals surface area contributed by atoms with Gasteiger partial charge in [0.25, 0.3) is 0 Å². The van der Waals surface area contributed by atoms with Crippen molar-refractivity contribution in [3.63, 3.8) is 0 Å². The zero-order valence-electron chi connectivity index (χ0n) is 14.6. The van der Waals surface area contributed by atoms with Crippen LogP contribution in [-0.2, 0) is 10.0 Å². The highest BCUT2D eigenvalue weighted by Gasteiger charge is 2.07. The van der Waals surface area contributed by atoms with Crippen LogP contribution in [0.4, 0.5) is 4.39 Å². The second kappa shape index (κ2) is 12.3. The first-order valence-corrected chi connectivity index (χ1v) is 9.35. The number of hydrogen-bond acceptors (Lipinski definition) is 4. The van der Waals surface area contributed by atoms with Crippen molar-refractivity contribution in [3.05, 3.63) is 30.1 Å². The van der Waals surface area contributed by atoms with Crippen LogP contribution in [0.2, 0.25) is 0 Å². The first-order valence-electron chi connectivity index (χ1n) is 7.70. The summed E-state index contributed by atoms with van der Waals surface area (Å²) < 4.78 is 43.7. The molecule has 25 heavy (non-hydrogen) atoms. The van der Waals surface area contributed by atoms with Crippen molar-refractivity contribution >= 4 is 40.0 Å². The fourth-order valence-corrected chi connectivity index (χ4v) is 2.38. The van der Waals surface area contributed by atoms with Crippen LogP contribution in [0.15, 0.2) is 29.3 Å². The molecule has 144 valence electrons. The van der Waals surface area contributed by atoms with Gasteiger partial charge in [0.05, 0.1) is 12.3 Å². The summed E-state index contributed by atoms with van der Waals surface area (Å²) in [6, 6.07) is 5.95. The molecule has 0 saturated carbocycles. The number of ether oxygens (including phenoxy) is 1. The third-order valence-corrected chi connectivity index (χ3v) is 4.44. The van der Waals surface area contributed by atoms with Gasteiger partial charge in [0, 0.05) is 26.2 Å². The Hall–Kier alpha value is -1.14. The Labute approximate surface area is 165 Å². The Morgan fingerprint density at radius 3 is 2.64 bits per heavy atom. The van der Waals surface area contributed by atoms with E-state index in [4.69, 9.17) is 4.74 Å². The van der Waals surface area contributed by atoms with Gasteiger partial charge in [0.2, 0.25) is 10.0 Å². The second-order valence-electron chi connectivity index (χ2n) is 5.06. The number of sulfonamides is 1. The van der Waals surface area contributed by atoms with Gasteiger partial charge in [-0.2, -0.15) is 0 Å². The summed E-state index contributed by atoms with van der Waals surface area (Å²) in [4.78, 5) is 4.04. The fraction of sp³-hybridized carbons (Fsp3) is 0.533. The lowest BCUT2D eigenvalue weighted by Gasteiger charge is -2.17. The lowest BCUT2D eigenvalue weighted by Crippen LogP contribution is -2.44. The van der Waals surface area contributed by atoms with Gasteiger partial charge in [-0.05, 0) is 26.0 Å². The molecule has 0 fully saturated rings. The van der Waals surface area contributed by atoms with E-state index in [9.17, 15) is 12.8 Å². The van der Waals surface area contributed by atoms with Gasteiger partial charge in [-0.1, -0.05) is 6.07 Å². The molecule has 0 aliphatic heterocycles. The lowest BCUT2D eigenvalue weighted by molar-refractivity contribution is 0.223. The third kappa shape index (κ3) is 10.4. The molecule has 7 nitrogen and oxygen atoms in total. The minimum absolute atomic E-state index is 0. The van der Waals surface area contributed by atoms with Crippen LogP contribution in [0, 0.1) is 5.82 Å². The Morgan fingerprint density at radius 2 is 2.04 bits per heavy atom. The van der Waals surface area contributed by atoms with Gasteiger partial charge in [-0.3, -0.25) is 4.99 Å². The molecule has 3 N–H and O–H groups in total.